The van der Waals surface area contributed by atoms with E-state index in [9.17, 15) is 18.0 Å². The van der Waals surface area contributed by atoms with E-state index < -0.39 is 17.9 Å². The molecule has 0 aliphatic carbocycles. The fourth-order valence-corrected chi connectivity index (χ4v) is 3.54. The second kappa shape index (κ2) is 8.62. The van der Waals surface area contributed by atoms with Gasteiger partial charge >= 0.3 is 6.18 Å². The minimum Gasteiger partial charge on any atom is -0.345 e. The highest BCUT2D eigenvalue weighted by atomic mass is 19.4. The number of benzene rings is 2. The molecule has 1 unspecified atom stereocenters. The molecule has 0 aliphatic heterocycles. The highest BCUT2D eigenvalue weighted by Gasteiger charge is 2.34. The van der Waals surface area contributed by atoms with Crippen LogP contribution in [0.25, 0.3) is 16.7 Å². The first-order valence-corrected chi connectivity index (χ1v) is 10.2. The summed E-state index contributed by atoms with van der Waals surface area (Å²) in [5.74, 6) is -0.170. The minimum atomic E-state index is -4.62. The Labute approximate surface area is 187 Å². The predicted octanol–water partition coefficient (Wildman–Crippen LogP) is 4.09. The number of nitrogens with two attached hydrogens (primary N) is 1. The molecule has 7 nitrogen and oxygen atoms in total. The summed E-state index contributed by atoms with van der Waals surface area (Å²) in [7, 11) is 0. The topological polar surface area (TPSA) is 98.7 Å². The maximum atomic E-state index is 13.0. The molecule has 170 valence electrons. The van der Waals surface area contributed by atoms with Crippen LogP contribution in [0.15, 0.2) is 54.7 Å². The van der Waals surface area contributed by atoms with E-state index in [1.54, 1.807) is 31.2 Å². The Morgan fingerprint density at radius 3 is 2.64 bits per heavy atom. The van der Waals surface area contributed by atoms with E-state index in [0.29, 0.717) is 29.4 Å². The molecule has 4 aromatic rings. The average molecular weight is 454 g/mol. The van der Waals surface area contributed by atoms with Crippen LogP contribution in [0.1, 0.15) is 45.7 Å². The van der Waals surface area contributed by atoms with Crippen molar-refractivity contribution in [2.24, 2.45) is 5.73 Å². The zero-order chi connectivity index (χ0) is 23.8. The summed E-state index contributed by atoms with van der Waals surface area (Å²) in [6.07, 6.45) is -3.97. The normalized spacial score (nSPS) is 12.7. The molecular weight excluding hydrogens is 433 g/mol. The fraction of sp³-hybridized carbons (Fsp3) is 0.217. The summed E-state index contributed by atoms with van der Waals surface area (Å²) in [4.78, 5) is 18.2. The van der Waals surface area contributed by atoms with Crippen molar-refractivity contribution < 1.29 is 18.0 Å². The highest BCUT2D eigenvalue weighted by Crippen LogP contribution is 2.29. The van der Waals surface area contributed by atoms with Crippen LogP contribution in [0.2, 0.25) is 0 Å². The Kier molecular flexibility index (Phi) is 5.86. The van der Waals surface area contributed by atoms with Gasteiger partial charge < -0.3 is 11.1 Å². The van der Waals surface area contributed by atoms with Crippen LogP contribution in [0.4, 0.5) is 13.2 Å². The van der Waals surface area contributed by atoms with Crippen molar-refractivity contribution in [3.63, 3.8) is 0 Å². The molecule has 0 bridgehead atoms. The van der Waals surface area contributed by atoms with E-state index >= 15 is 0 Å². The minimum absolute atomic E-state index is 0.113. The van der Waals surface area contributed by atoms with Crippen LogP contribution >= 0.6 is 0 Å². The maximum absolute atomic E-state index is 13.0. The molecule has 0 aliphatic rings. The SMILES string of the molecule is Cc1ccc(CN)cc1C(=O)NC(C)c1cc(-n2ncc(C(F)(F)F)n2)nc2ccccc12. The van der Waals surface area contributed by atoms with Crippen molar-refractivity contribution in [1.29, 1.82) is 0 Å². The second-order valence-corrected chi connectivity index (χ2v) is 7.65. The molecule has 2 aromatic heterocycles. The van der Waals surface area contributed by atoms with Gasteiger partial charge in [-0.25, -0.2) is 4.98 Å². The number of aryl methyl sites for hydroxylation is 1. The Bertz CT molecular complexity index is 1330. The van der Waals surface area contributed by atoms with E-state index in [0.717, 1.165) is 21.3 Å². The van der Waals surface area contributed by atoms with E-state index in [4.69, 9.17) is 5.73 Å². The van der Waals surface area contributed by atoms with E-state index in [-0.39, 0.29) is 11.7 Å². The fourth-order valence-electron chi connectivity index (χ4n) is 3.54. The monoisotopic (exact) mass is 454 g/mol. The van der Waals surface area contributed by atoms with Gasteiger partial charge in [-0.05, 0) is 48.7 Å². The lowest BCUT2D eigenvalue weighted by Gasteiger charge is -2.18. The molecule has 1 amide bonds. The van der Waals surface area contributed by atoms with Crippen molar-refractivity contribution in [3.8, 4) is 5.82 Å². The van der Waals surface area contributed by atoms with Gasteiger partial charge in [-0.3, -0.25) is 4.79 Å². The molecule has 4 rings (SSSR count). The largest absolute Gasteiger partial charge is 0.436 e. The lowest BCUT2D eigenvalue weighted by atomic mass is 10.0. The van der Waals surface area contributed by atoms with E-state index in [1.807, 2.05) is 31.2 Å². The highest BCUT2D eigenvalue weighted by molar-refractivity contribution is 5.96. The molecule has 2 heterocycles. The Balaban J connectivity index is 1.72. The number of rotatable bonds is 5. The summed E-state index contributed by atoms with van der Waals surface area (Å²) in [5, 5.41) is 11.0. The van der Waals surface area contributed by atoms with Crippen molar-refractivity contribution in [2.45, 2.75) is 32.6 Å². The number of amides is 1. The van der Waals surface area contributed by atoms with Crippen LogP contribution in [0.3, 0.4) is 0 Å². The molecule has 0 radical (unpaired) electrons. The first-order valence-electron chi connectivity index (χ1n) is 10.2. The lowest BCUT2D eigenvalue weighted by Crippen LogP contribution is -2.28. The van der Waals surface area contributed by atoms with Crippen molar-refractivity contribution in [2.75, 3.05) is 0 Å². The first-order chi connectivity index (χ1) is 15.7. The number of hydrogen-bond acceptors (Lipinski definition) is 5. The molecular formula is C23H21F3N6O. The zero-order valence-corrected chi connectivity index (χ0v) is 17.9. The zero-order valence-electron chi connectivity index (χ0n) is 17.9. The maximum Gasteiger partial charge on any atom is 0.436 e. The number of para-hydroxylation sites is 1. The molecule has 33 heavy (non-hydrogen) atoms. The number of halogens is 3. The number of carbonyl (C=O) groups is 1. The number of alkyl halides is 3. The Morgan fingerprint density at radius 2 is 1.94 bits per heavy atom. The molecule has 3 N–H and O–H groups in total. The number of nitrogens with zero attached hydrogens (tertiary/aromatic N) is 4. The first kappa shape index (κ1) is 22.4. The molecule has 0 saturated carbocycles. The smallest absolute Gasteiger partial charge is 0.345 e. The molecule has 1 atom stereocenters. The van der Waals surface area contributed by atoms with Crippen molar-refractivity contribution >= 4 is 16.8 Å². The van der Waals surface area contributed by atoms with Gasteiger partial charge in [0, 0.05) is 17.5 Å². The number of nitrogens with one attached hydrogen (secondary N) is 1. The van der Waals surface area contributed by atoms with E-state index in [2.05, 4.69) is 20.5 Å². The van der Waals surface area contributed by atoms with Gasteiger partial charge in [0.1, 0.15) is 0 Å². The van der Waals surface area contributed by atoms with Crippen LogP contribution < -0.4 is 11.1 Å². The Morgan fingerprint density at radius 1 is 1.18 bits per heavy atom. The van der Waals surface area contributed by atoms with Crippen molar-refractivity contribution in [3.05, 3.63) is 82.7 Å². The van der Waals surface area contributed by atoms with Gasteiger partial charge in [-0.15, -0.1) is 9.90 Å². The number of carbonyl (C=O) groups excluding carboxylic acids is 1. The average Bonchev–Trinajstić information content (AvgIpc) is 3.29. The molecule has 0 fully saturated rings. The third kappa shape index (κ3) is 4.56. The number of hydrogen-bond donors (Lipinski definition) is 2. The third-order valence-electron chi connectivity index (χ3n) is 5.32. The summed E-state index contributed by atoms with van der Waals surface area (Å²) in [6.45, 7) is 3.94. The summed E-state index contributed by atoms with van der Waals surface area (Å²) < 4.78 is 38.9. The molecule has 10 heteroatoms. The third-order valence-corrected chi connectivity index (χ3v) is 5.32. The summed E-state index contributed by atoms with van der Waals surface area (Å²) in [6, 6.07) is 13.7. The standard InChI is InChI=1S/C23H21F3N6O/c1-13-7-8-15(11-27)9-17(13)22(33)29-14(2)18-10-21(30-19-6-4-3-5-16(18)19)32-28-12-20(31-32)23(24,25)26/h3-10,12,14H,11,27H2,1-2H3,(H,29,33). The van der Waals surface area contributed by atoms with Crippen LogP contribution in [-0.4, -0.2) is 25.9 Å². The summed E-state index contributed by atoms with van der Waals surface area (Å²) >= 11 is 0. The van der Waals surface area contributed by atoms with Gasteiger partial charge in [-0.1, -0.05) is 30.3 Å². The van der Waals surface area contributed by atoms with Crippen LogP contribution in [0.5, 0.6) is 0 Å². The Hall–Kier alpha value is -3.79. The second-order valence-electron chi connectivity index (χ2n) is 7.65. The van der Waals surface area contributed by atoms with Gasteiger partial charge in [0.05, 0.1) is 17.8 Å². The van der Waals surface area contributed by atoms with Gasteiger partial charge in [0.25, 0.3) is 5.91 Å². The number of fused-ring (bicyclic) bond motifs is 1. The number of pyridine rings is 1. The molecule has 2 aromatic carbocycles. The quantitative estimate of drug-likeness (QED) is 0.473. The number of aromatic nitrogens is 4. The van der Waals surface area contributed by atoms with Crippen molar-refractivity contribution in [1.82, 2.24) is 25.3 Å². The van der Waals surface area contributed by atoms with E-state index in [1.165, 1.54) is 0 Å². The van der Waals surface area contributed by atoms with Crippen LogP contribution in [-0.2, 0) is 12.7 Å². The predicted molar refractivity (Wildman–Crippen MR) is 117 cm³/mol. The molecule has 0 spiro atoms. The van der Waals surface area contributed by atoms with Gasteiger partial charge in [-0.2, -0.15) is 18.3 Å². The molecule has 0 saturated heterocycles. The van der Waals surface area contributed by atoms with Gasteiger partial charge in [0.2, 0.25) is 0 Å². The summed E-state index contributed by atoms with van der Waals surface area (Å²) in [5.41, 5.74) is 7.94. The lowest BCUT2D eigenvalue weighted by molar-refractivity contribution is -0.141. The van der Waals surface area contributed by atoms with Crippen LogP contribution in [0, 0.1) is 6.92 Å². The van der Waals surface area contributed by atoms with Gasteiger partial charge in [0.15, 0.2) is 11.5 Å².